The van der Waals surface area contributed by atoms with Crippen LogP contribution in [0.4, 0.5) is 0 Å². The zero-order valence-electron chi connectivity index (χ0n) is 16.2. The summed E-state index contributed by atoms with van der Waals surface area (Å²) in [6.07, 6.45) is 0.560. The molecule has 4 atom stereocenters. The minimum atomic E-state index is -0.328. The first-order valence-corrected chi connectivity index (χ1v) is 12.4. The first-order chi connectivity index (χ1) is 12.5. The van der Waals surface area contributed by atoms with Gasteiger partial charge in [-0.25, -0.2) is 0 Å². The van der Waals surface area contributed by atoms with Crippen LogP contribution in [0.25, 0.3) is 0 Å². The number of rotatable bonds is 2. The van der Waals surface area contributed by atoms with E-state index in [-0.39, 0.29) is 6.10 Å². The Morgan fingerprint density at radius 2 is 1.33 bits per heavy atom. The van der Waals surface area contributed by atoms with Crippen LogP contribution < -0.4 is 13.9 Å². The molecule has 2 nitrogen and oxygen atoms in total. The van der Waals surface area contributed by atoms with Gasteiger partial charge in [0.05, 0.1) is 6.10 Å². The van der Waals surface area contributed by atoms with Gasteiger partial charge in [-0.3, -0.25) is 4.79 Å². The SMILES string of the molecule is Cc1cc(P)sc1C.Cc1sc(P)cc1C(C)O.Cc1sc(P)cc1C=O. The lowest BCUT2D eigenvalue weighted by Crippen LogP contribution is -1.89. The van der Waals surface area contributed by atoms with E-state index in [1.165, 1.54) is 24.6 Å². The second-order valence-corrected chi connectivity index (χ2v) is 13.0. The van der Waals surface area contributed by atoms with Gasteiger partial charge in [-0.05, 0) is 63.9 Å². The predicted molar refractivity (Wildman–Crippen MR) is 136 cm³/mol. The third-order valence-corrected chi connectivity index (χ3v) is 8.05. The molecule has 3 aromatic heterocycles. The Labute approximate surface area is 181 Å². The first-order valence-electron chi connectivity index (χ1n) is 8.22. The zero-order chi connectivity index (χ0) is 20.7. The Morgan fingerprint density at radius 3 is 1.52 bits per heavy atom. The smallest absolute Gasteiger partial charge is 0.151 e. The Balaban J connectivity index is 0.000000204. The van der Waals surface area contributed by atoms with Crippen molar-refractivity contribution in [1.29, 1.82) is 0 Å². The molecule has 27 heavy (non-hydrogen) atoms. The number of aliphatic hydroxyl groups is 1. The zero-order valence-corrected chi connectivity index (χ0v) is 22.1. The highest BCUT2D eigenvalue weighted by Gasteiger charge is 2.06. The van der Waals surface area contributed by atoms with E-state index in [4.69, 9.17) is 0 Å². The Kier molecular flexibility index (Phi) is 11.0. The number of aldehydes is 1. The van der Waals surface area contributed by atoms with Gasteiger partial charge in [0.15, 0.2) is 6.29 Å². The first kappa shape index (κ1) is 25.1. The van der Waals surface area contributed by atoms with Crippen LogP contribution in [0.1, 0.15) is 49.1 Å². The van der Waals surface area contributed by atoms with Crippen molar-refractivity contribution in [2.24, 2.45) is 0 Å². The van der Waals surface area contributed by atoms with Gasteiger partial charge in [-0.2, -0.15) is 0 Å². The summed E-state index contributed by atoms with van der Waals surface area (Å²) in [7, 11) is 7.91. The molecule has 8 heteroatoms. The van der Waals surface area contributed by atoms with Crippen molar-refractivity contribution in [1.82, 2.24) is 0 Å². The van der Waals surface area contributed by atoms with Crippen molar-refractivity contribution in [3.05, 3.63) is 49.5 Å². The lowest BCUT2D eigenvalue weighted by Gasteiger charge is -2.00. The molecule has 3 heterocycles. The summed E-state index contributed by atoms with van der Waals surface area (Å²) in [5.41, 5.74) is 3.26. The maximum absolute atomic E-state index is 10.2. The van der Waals surface area contributed by atoms with Gasteiger partial charge >= 0.3 is 0 Å². The molecule has 0 saturated carbocycles. The molecule has 0 aliphatic carbocycles. The van der Waals surface area contributed by atoms with E-state index in [0.29, 0.717) is 0 Å². The molecule has 0 fully saturated rings. The average molecular weight is 477 g/mol. The topological polar surface area (TPSA) is 37.3 Å². The molecule has 0 saturated heterocycles. The van der Waals surface area contributed by atoms with E-state index in [1.54, 1.807) is 29.6 Å². The number of thiophene rings is 3. The minimum absolute atomic E-state index is 0.328. The van der Waals surface area contributed by atoms with Gasteiger partial charge < -0.3 is 5.11 Å². The molecule has 0 bridgehead atoms. The van der Waals surface area contributed by atoms with Crippen molar-refractivity contribution < 1.29 is 9.90 Å². The van der Waals surface area contributed by atoms with Crippen LogP contribution in [0.5, 0.6) is 0 Å². The van der Waals surface area contributed by atoms with E-state index >= 15 is 0 Å². The molecule has 148 valence electrons. The van der Waals surface area contributed by atoms with Gasteiger partial charge in [0.1, 0.15) is 0 Å². The van der Waals surface area contributed by atoms with Crippen molar-refractivity contribution in [3.8, 4) is 0 Å². The average Bonchev–Trinajstić information content (AvgIpc) is 3.17. The summed E-state index contributed by atoms with van der Waals surface area (Å²) in [6, 6.07) is 6.07. The number of carbonyl (C=O) groups excluding carboxylic acids is 1. The van der Waals surface area contributed by atoms with Crippen LogP contribution in [0.3, 0.4) is 0 Å². The lowest BCUT2D eigenvalue weighted by atomic mass is 10.2. The van der Waals surface area contributed by atoms with Crippen LogP contribution in [0.15, 0.2) is 18.2 Å². The molecule has 0 aliphatic heterocycles. The van der Waals surface area contributed by atoms with Crippen LogP contribution in [0, 0.1) is 27.7 Å². The maximum atomic E-state index is 10.2. The standard InChI is InChI=1S/C7H11OPS.C6H7OPS.C6H9PS/c1-4(8)6-3-7(9)10-5(6)2;1-4-5(3-7)2-6(8)9-4;1-4-3-6(7)8-5(4)2/h3-4,8H,9H2,1-2H3;2-3H,8H2,1H3;3H,7H2,1-2H3. The summed E-state index contributed by atoms with van der Waals surface area (Å²) in [5.74, 6) is 0. The second-order valence-electron chi connectivity index (χ2n) is 6.00. The van der Waals surface area contributed by atoms with E-state index in [0.717, 1.165) is 26.9 Å². The van der Waals surface area contributed by atoms with E-state index < -0.39 is 0 Å². The molecular weight excluding hydrogens is 449 g/mol. The highest BCUT2D eigenvalue weighted by atomic mass is 32.1. The van der Waals surface area contributed by atoms with E-state index in [2.05, 4.69) is 47.6 Å². The highest BCUT2D eigenvalue weighted by Crippen LogP contribution is 2.21. The number of aryl methyl sites for hydroxylation is 4. The van der Waals surface area contributed by atoms with Crippen LogP contribution in [-0.4, -0.2) is 11.4 Å². The normalized spacial score (nSPS) is 11.1. The summed E-state index contributed by atoms with van der Waals surface area (Å²) >= 11 is 5.16. The summed E-state index contributed by atoms with van der Waals surface area (Å²) in [6.45, 7) is 10.0. The van der Waals surface area contributed by atoms with Gasteiger partial charge in [0, 0.05) is 34.0 Å². The number of carbonyl (C=O) groups is 1. The predicted octanol–water partition coefficient (Wildman–Crippen LogP) is 4.84. The number of aliphatic hydroxyl groups excluding tert-OH is 1. The fourth-order valence-electron chi connectivity index (χ4n) is 2.17. The van der Waals surface area contributed by atoms with Crippen LogP contribution in [0.2, 0.25) is 0 Å². The van der Waals surface area contributed by atoms with Gasteiger partial charge in [0.2, 0.25) is 0 Å². The Morgan fingerprint density at radius 1 is 0.852 bits per heavy atom. The molecule has 4 unspecified atom stereocenters. The lowest BCUT2D eigenvalue weighted by molar-refractivity contribution is 0.112. The van der Waals surface area contributed by atoms with Crippen molar-refractivity contribution in [3.63, 3.8) is 0 Å². The summed E-state index contributed by atoms with van der Waals surface area (Å²) in [4.78, 5) is 14.0. The summed E-state index contributed by atoms with van der Waals surface area (Å²) < 4.78 is 3.64. The quantitative estimate of drug-likeness (QED) is 0.424. The molecule has 0 aliphatic rings. The van der Waals surface area contributed by atoms with Gasteiger partial charge in [0.25, 0.3) is 0 Å². The van der Waals surface area contributed by atoms with Gasteiger partial charge in [-0.1, -0.05) is 27.7 Å². The van der Waals surface area contributed by atoms with E-state index in [9.17, 15) is 9.90 Å². The maximum Gasteiger partial charge on any atom is 0.151 e. The monoisotopic (exact) mass is 476 g/mol. The molecule has 3 aromatic rings. The van der Waals surface area contributed by atoms with E-state index in [1.807, 2.05) is 37.3 Å². The summed E-state index contributed by atoms with van der Waals surface area (Å²) in [5, 5.41) is 9.22. The number of hydrogen-bond acceptors (Lipinski definition) is 5. The molecule has 0 radical (unpaired) electrons. The number of hydrogen-bond donors (Lipinski definition) is 1. The Hall–Kier alpha value is 0.0200. The van der Waals surface area contributed by atoms with Crippen LogP contribution >= 0.6 is 61.7 Å². The molecule has 3 rings (SSSR count). The molecule has 0 amide bonds. The molecular formula is C19H27O2P3S3. The van der Waals surface area contributed by atoms with Crippen LogP contribution in [-0.2, 0) is 0 Å². The minimum Gasteiger partial charge on any atom is -0.389 e. The van der Waals surface area contributed by atoms with Crippen molar-refractivity contribution >= 4 is 81.9 Å². The third kappa shape index (κ3) is 8.50. The van der Waals surface area contributed by atoms with Crippen molar-refractivity contribution in [2.45, 2.75) is 40.7 Å². The van der Waals surface area contributed by atoms with Gasteiger partial charge in [-0.15, -0.1) is 34.0 Å². The highest BCUT2D eigenvalue weighted by molar-refractivity contribution is 7.44. The molecule has 0 spiro atoms. The molecule has 0 aromatic carbocycles. The van der Waals surface area contributed by atoms with Crippen molar-refractivity contribution in [2.75, 3.05) is 0 Å². The third-order valence-electron chi connectivity index (χ3n) is 3.71. The largest absolute Gasteiger partial charge is 0.389 e. The second kappa shape index (κ2) is 11.9. The fourth-order valence-corrected chi connectivity index (χ4v) is 6.83. The fraction of sp³-hybridized carbons (Fsp3) is 0.316. The Bertz CT molecular complexity index is 860. The molecule has 1 N–H and O–H groups in total.